The van der Waals surface area contributed by atoms with Gasteiger partial charge in [0, 0.05) is 12.3 Å². The summed E-state index contributed by atoms with van der Waals surface area (Å²) in [4.78, 5) is 26.6. The average molecular weight is 593 g/mol. The van der Waals surface area contributed by atoms with Crippen molar-refractivity contribution in [2.75, 3.05) is 6.61 Å². The fourth-order valence-electron chi connectivity index (χ4n) is 6.40. The Balaban J connectivity index is 1.42. The van der Waals surface area contributed by atoms with Crippen molar-refractivity contribution in [1.82, 2.24) is 0 Å². The van der Waals surface area contributed by atoms with Gasteiger partial charge in [0.05, 0.1) is 12.2 Å². The van der Waals surface area contributed by atoms with Gasteiger partial charge in [-0.15, -0.1) is 0 Å². The van der Waals surface area contributed by atoms with E-state index < -0.39 is 11.7 Å². The molecule has 2 aromatic rings. The first-order valence-electron chi connectivity index (χ1n) is 15.7. The molecule has 2 aliphatic heterocycles. The molecule has 3 aliphatic rings. The third-order valence-electron chi connectivity index (χ3n) is 8.59. The van der Waals surface area contributed by atoms with Gasteiger partial charge in [0.15, 0.2) is 5.78 Å². The van der Waals surface area contributed by atoms with Crippen molar-refractivity contribution in [3.63, 3.8) is 0 Å². The van der Waals surface area contributed by atoms with Gasteiger partial charge < -0.3 is 14.2 Å². The van der Waals surface area contributed by atoms with E-state index in [-0.39, 0.29) is 36.5 Å². The Bertz CT molecular complexity index is 1470. The van der Waals surface area contributed by atoms with Crippen molar-refractivity contribution in [1.29, 1.82) is 0 Å². The van der Waals surface area contributed by atoms with E-state index in [1.807, 2.05) is 85.8 Å². The topological polar surface area (TPSA) is 61.8 Å². The number of carbonyl (C=O) groups excluding carboxylic acids is 2. The van der Waals surface area contributed by atoms with Gasteiger partial charge in [-0.3, -0.25) is 9.59 Å². The maximum Gasteiger partial charge on any atom is 0.318 e. The van der Waals surface area contributed by atoms with Crippen LogP contribution in [-0.4, -0.2) is 36.4 Å². The van der Waals surface area contributed by atoms with E-state index in [0.29, 0.717) is 12.0 Å². The lowest BCUT2D eigenvalue weighted by molar-refractivity contribution is -0.225. The van der Waals surface area contributed by atoms with Crippen LogP contribution in [0, 0.1) is 5.92 Å². The molecule has 0 unspecified atom stereocenters. The molecule has 0 N–H and O–H groups in total. The molecule has 0 fully saturated rings. The molecule has 5 heteroatoms. The first-order valence-corrected chi connectivity index (χ1v) is 15.7. The highest BCUT2D eigenvalue weighted by Crippen LogP contribution is 2.43. The number of esters is 1. The smallest absolute Gasteiger partial charge is 0.318 e. The van der Waals surface area contributed by atoms with E-state index in [9.17, 15) is 9.59 Å². The monoisotopic (exact) mass is 592 g/mol. The Labute approximate surface area is 262 Å². The molecule has 4 atom stereocenters. The number of benzene rings is 2. The van der Waals surface area contributed by atoms with Crippen molar-refractivity contribution < 1.29 is 23.8 Å². The molecule has 5 rings (SSSR count). The van der Waals surface area contributed by atoms with Crippen LogP contribution >= 0.6 is 0 Å². The van der Waals surface area contributed by atoms with Gasteiger partial charge in [-0.25, -0.2) is 0 Å². The van der Waals surface area contributed by atoms with E-state index >= 15 is 0 Å². The van der Waals surface area contributed by atoms with Crippen molar-refractivity contribution in [3.8, 4) is 0 Å². The Morgan fingerprint density at radius 2 is 1.61 bits per heavy atom. The minimum atomic E-state index is -1.11. The highest BCUT2D eigenvalue weighted by Gasteiger charge is 2.46. The Morgan fingerprint density at radius 3 is 2.25 bits per heavy atom. The minimum absolute atomic E-state index is 0.0555. The van der Waals surface area contributed by atoms with Gasteiger partial charge in [0.2, 0.25) is 5.79 Å². The van der Waals surface area contributed by atoms with Gasteiger partial charge >= 0.3 is 5.97 Å². The van der Waals surface area contributed by atoms with Crippen LogP contribution in [0.1, 0.15) is 77.3 Å². The fraction of sp³-hybridized carbons (Fsp3) is 0.385. The Morgan fingerprint density at radius 1 is 0.955 bits per heavy atom. The van der Waals surface area contributed by atoms with Crippen molar-refractivity contribution in [2.45, 2.75) is 84.2 Å². The second kappa shape index (κ2) is 13.9. The fourth-order valence-corrected chi connectivity index (χ4v) is 6.40. The third kappa shape index (κ3) is 7.64. The van der Waals surface area contributed by atoms with E-state index in [1.165, 1.54) is 16.7 Å². The van der Waals surface area contributed by atoms with E-state index in [4.69, 9.17) is 14.2 Å². The van der Waals surface area contributed by atoms with Crippen LogP contribution in [0.3, 0.4) is 0 Å². The summed E-state index contributed by atoms with van der Waals surface area (Å²) >= 11 is 0. The largest absolute Gasteiger partial charge is 0.460 e. The molecule has 230 valence electrons. The standard InChI is InChI=1S/C39H44O5/c1-26(2)13-12-14-27(3)19-33-20-28(4)23-39(43-33)24-32(34-22-35(40)29(5)21-36(34)44-39)25-42-38(41)37(30-15-8-6-9-16-30)31-17-10-7-11-18-31/h6-11,13,15-19,21,23-24,33-34,36-37H,12,14,20,22,25H2,1-5H3/b27-19+/t33-,34-,36-,39+/m1/s1. The number of ether oxygens (including phenoxy) is 3. The summed E-state index contributed by atoms with van der Waals surface area (Å²) < 4.78 is 19.5. The third-order valence-corrected chi connectivity index (χ3v) is 8.59. The number of hydrogen-bond donors (Lipinski definition) is 0. The highest BCUT2D eigenvalue weighted by molar-refractivity contribution is 5.96. The highest BCUT2D eigenvalue weighted by atomic mass is 16.7. The first-order chi connectivity index (χ1) is 21.1. The first kappa shape index (κ1) is 31.6. The molecular weight excluding hydrogens is 548 g/mol. The van der Waals surface area contributed by atoms with E-state index in [0.717, 1.165) is 36.0 Å². The number of ketones is 1. The van der Waals surface area contributed by atoms with Crippen molar-refractivity contribution in [3.05, 3.63) is 130 Å². The average Bonchev–Trinajstić information content (AvgIpc) is 2.97. The quantitative estimate of drug-likeness (QED) is 0.216. The number of allylic oxidation sites excluding steroid dienone is 4. The lowest BCUT2D eigenvalue weighted by atomic mass is 9.79. The van der Waals surface area contributed by atoms with Gasteiger partial charge in [-0.2, -0.15) is 0 Å². The molecule has 0 radical (unpaired) electrons. The summed E-state index contributed by atoms with van der Waals surface area (Å²) in [5.74, 6) is -2.15. The molecule has 0 bridgehead atoms. The van der Waals surface area contributed by atoms with Crippen LogP contribution in [0.2, 0.25) is 0 Å². The van der Waals surface area contributed by atoms with Gasteiger partial charge in [0.25, 0.3) is 0 Å². The SMILES string of the molecule is CC(C)=CCC/C(C)=C/[C@@H]1CC(C)=C[C@]2(C=C(COC(=O)C(c3ccccc3)c3ccccc3)[C@H]3CC(=O)C(C)=C[C@H]3O2)O1. The zero-order valence-electron chi connectivity index (χ0n) is 26.5. The predicted molar refractivity (Wildman–Crippen MR) is 174 cm³/mol. The van der Waals surface area contributed by atoms with Crippen LogP contribution in [0.4, 0.5) is 0 Å². The number of rotatable bonds is 9. The normalized spacial score (nSPS) is 25.1. The molecule has 5 nitrogen and oxygen atoms in total. The van der Waals surface area contributed by atoms with Crippen LogP contribution < -0.4 is 0 Å². The summed E-state index contributed by atoms with van der Waals surface area (Å²) in [6.45, 7) is 10.4. The summed E-state index contributed by atoms with van der Waals surface area (Å²) in [5, 5.41) is 0. The summed E-state index contributed by atoms with van der Waals surface area (Å²) in [7, 11) is 0. The summed E-state index contributed by atoms with van der Waals surface area (Å²) in [6.07, 6.45) is 12.9. The lowest BCUT2D eigenvalue weighted by Crippen LogP contribution is -2.49. The Hall–Kier alpha value is -3.80. The van der Waals surface area contributed by atoms with E-state index in [2.05, 4.69) is 39.8 Å². The molecule has 0 saturated carbocycles. The molecule has 1 aliphatic carbocycles. The molecule has 0 aromatic heterocycles. The second-order valence-corrected chi connectivity index (χ2v) is 12.7. The second-order valence-electron chi connectivity index (χ2n) is 12.7. The minimum Gasteiger partial charge on any atom is -0.460 e. The van der Waals surface area contributed by atoms with Gasteiger partial charge in [-0.05, 0) is 94.4 Å². The maximum absolute atomic E-state index is 13.8. The summed E-state index contributed by atoms with van der Waals surface area (Å²) in [5.41, 5.74) is 7.04. The summed E-state index contributed by atoms with van der Waals surface area (Å²) in [6, 6.07) is 19.4. The molecule has 0 amide bonds. The lowest BCUT2D eigenvalue weighted by Gasteiger charge is -2.45. The Kier molecular flexibility index (Phi) is 9.97. The molecule has 44 heavy (non-hydrogen) atoms. The zero-order chi connectivity index (χ0) is 31.3. The molecule has 1 spiro atoms. The van der Waals surface area contributed by atoms with Crippen LogP contribution in [0.5, 0.6) is 0 Å². The van der Waals surface area contributed by atoms with Gasteiger partial charge in [0.1, 0.15) is 12.5 Å². The zero-order valence-corrected chi connectivity index (χ0v) is 26.5. The van der Waals surface area contributed by atoms with Crippen molar-refractivity contribution in [2.24, 2.45) is 5.92 Å². The van der Waals surface area contributed by atoms with Crippen LogP contribution in [0.15, 0.2) is 119 Å². The molecule has 2 aromatic carbocycles. The molecule has 2 heterocycles. The predicted octanol–water partition coefficient (Wildman–Crippen LogP) is 8.35. The number of hydrogen-bond acceptors (Lipinski definition) is 5. The molecular formula is C39H44O5. The van der Waals surface area contributed by atoms with Crippen molar-refractivity contribution >= 4 is 11.8 Å². The maximum atomic E-state index is 13.8. The number of Topliss-reactive ketones (excluding diaryl/α,β-unsaturated/α-hetero) is 1. The molecule has 0 saturated heterocycles. The van der Waals surface area contributed by atoms with Crippen LogP contribution in [-0.2, 0) is 23.8 Å². The number of carbonyl (C=O) groups is 2. The van der Waals surface area contributed by atoms with Crippen LogP contribution in [0.25, 0.3) is 0 Å². The number of fused-ring (bicyclic) bond motifs is 1. The van der Waals surface area contributed by atoms with E-state index in [1.54, 1.807) is 0 Å². The van der Waals surface area contributed by atoms with Gasteiger partial charge in [-0.1, -0.05) is 89.5 Å².